The normalized spacial score (nSPS) is 11.8. The standard InChI is InChI=1S/C16H22N2S2/c1-12-10-20-15(18-12)11-19-14-7-5-13(6-8-14)9-17-16(2,3)4/h5-8,10,17H,9,11H2,1-4H3. The first kappa shape index (κ1) is 15.5. The van der Waals surface area contributed by atoms with E-state index < -0.39 is 0 Å². The van der Waals surface area contributed by atoms with Crippen LogP contribution in [0.25, 0.3) is 0 Å². The zero-order valence-electron chi connectivity index (χ0n) is 12.6. The summed E-state index contributed by atoms with van der Waals surface area (Å²) in [6.45, 7) is 9.52. The average Bonchev–Trinajstić information content (AvgIpc) is 2.80. The van der Waals surface area contributed by atoms with Gasteiger partial charge in [0.1, 0.15) is 5.01 Å². The number of rotatable bonds is 5. The first-order valence-electron chi connectivity index (χ1n) is 6.80. The highest BCUT2D eigenvalue weighted by atomic mass is 32.2. The summed E-state index contributed by atoms with van der Waals surface area (Å²) in [4.78, 5) is 5.79. The Hall–Kier alpha value is -0.840. The average molecular weight is 306 g/mol. The molecule has 0 atom stereocenters. The van der Waals surface area contributed by atoms with E-state index >= 15 is 0 Å². The van der Waals surface area contributed by atoms with Crippen LogP contribution in [0, 0.1) is 6.92 Å². The SMILES string of the molecule is Cc1csc(CSc2ccc(CNC(C)(C)C)cc2)n1. The molecule has 1 aromatic carbocycles. The van der Waals surface area contributed by atoms with E-state index in [1.165, 1.54) is 15.5 Å². The predicted molar refractivity (Wildman–Crippen MR) is 89.4 cm³/mol. The zero-order chi connectivity index (χ0) is 14.6. The van der Waals surface area contributed by atoms with E-state index in [1.54, 1.807) is 11.3 Å². The smallest absolute Gasteiger partial charge is 0.103 e. The summed E-state index contributed by atoms with van der Waals surface area (Å²) in [7, 11) is 0. The third-order valence-electron chi connectivity index (χ3n) is 2.78. The number of thiazole rings is 1. The minimum absolute atomic E-state index is 0.163. The first-order valence-corrected chi connectivity index (χ1v) is 8.67. The number of benzene rings is 1. The molecule has 4 heteroatoms. The van der Waals surface area contributed by atoms with Crippen molar-refractivity contribution in [3.8, 4) is 0 Å². The first-order chi connectivity index (χ1) is 9.42. The Bertz CT molecular complexity index is 538. The maximum absolute atomic E-state index is 4.49. The Morgan fingerprint density at radius 1 is 1.20 bits per heavy atom. The molecule has 0 fully saturated rings. The monoisotopic (exact) mass is 306 g/mol. The van der Waals surface area contributed by atoms with Crippen molar-refractivity contribution in [1.82, 2.24) is 10.3 Å². The summed E-state index contributed by atoms with van der Waals surface area (Å²) in [5, 5.41) is 6.81. The van der Waals surface area contributed by atoms with Crippen LogP contribution < -0.4 is 5.32 Å². The van der Waals surface area contributed by atoms with Gasteiger partial charge in [0, 0.05) is 28.1 Å². The van der Waals surface area contributed by atoms with Gasteiger partial charge in [-0.05, 0) is 45.4 Å². The molecule has 20 heavy (non-hydrogen) atoms. The van der Waals surface area contributed by atoms with E-state index in [-0.39, 0.29) is 5.54 Å². The quantitative estimate of drug-likeness (QED) is 0.815. The second-order valence-corrected chi connectivity index (χ2v) is 7.91. The molecule has 0 radical (unpaired) electrons. The highest BCUT2D eigenvalue weighted by Gasteiger charge is 2.08. The molecular weight excluding hydrogens is 284 g/mol. The Morgan fingerprint density at radius 2 is 1.90 bits per heavy atom. The second-order valence-electron chi connectivity index (χ2n) is 5.92. The molecule has 0 aliphatic rings. The van der Waals surface area contributed by atoms with Gasteiger partial charge in [-0.1, -0.05) is 12.1 Å². The second kappa shape index (κ2) is 6.74. The van der Waals surface area contributed by atoms with Crippen molar-refractivity contribution >= 4 is 23.1 Å². The number of aryl methyl sites for hydroxylation is 1. The topological polar surface area (TPSA) is 24.9 Å². The largest absolute Gasteiger partial charge is 0.308 e. The van der Waals surface area contributed by atoms with Crippen molar-refractivity contribution in [2.45, 2.75) is 50.4 Å². The molecule has 2 nitrogen and oxygen atoms in total. The lowest BCUT2D eigenvalue weighted by Gasteiger charge is -2.20. The molecule has 1 aromatic heterocycles. The summed E-state index contributed by atoms with van der Waals surface area (Å²) < 4.78 is 0. The summed E-state index contributed by atoms with van der Waals surface area (Å²) in [6, 6.07) is 8.80. The van der Waals surface area contributed by atoms with Crippen LogP contribution in [-0.2, 0) is 12.3 Å². The maximum atomic E-state index is 4.49. The minimum Gasteiger partial charge on any atom is -0.308 e. The van der Waals surface area contributed by atoms with Crippen molar-refractivity contribution in [3.05, 3.63) is 45.9 Å². The molecule has 0 saturated carbocycles. The van der Waals surface area contributed by atoms with Crippen molar-refractivity contribution in [1.29, 1.82) is 0 Å². The molecule has 1 heterocycles. The lowest BCUT2D eigenvalue weighted by molar-refractivity contribution is 0.424. The molecule has 108 valence electrons. The van der Waals surface area contributed by atoms with Crippen LogP contribution in [-0.4, -0.2) is 10.5 Å². The van der Waals surface area contributed by atoms with Gasteiger partial charge in [-0.15, -0.1) is 23.1 Å². The molecular formula is C16H22N2S2. The fraction of sp³-hybridized carbons (Fsp3) is 0.438. The summed E-state index contributed by atoms with van der Waals surface area (Å²) in [5.74, 6) is 0.956. The molecule has 0 amide bonds. The fourth-order valence-corrected chi connectivity index (χ4v) is 3.37. The lowest BCUT2D eigenvalue weighted by atomic mass is 10.1. The number of nitrogens with one attached hydrogen (secondary N) is 1. The van der Waals surface area contributed by atoms with Crippen LogP contribution >= 0.6 is 23.1 Å². The molecule has 0 saturated heterocycles. The number of thioether (sulfide) groups is 1. The van der Waals surface area contributed by atoms with Crippen LogP contribution in [0.4, 0.5) is 0 Å². The van der Waals surface area contributed by atoms with Gasteiger partial charge in [-0.2, -0.15) is 0 Å². The number of hydrogen-bond acceptors (Lipinski definition) is 4. The van der Waals surface area contributed by atoms with Crippen molar-refractivity contribution < 1.29 is 0 Å². The van der Waals surface area contributed by atoms with E-state index in [1.807, 2.05) is 18.7 Å². The molecule has 0 aliphatic carbocycles. The molecule has 2 aromatic rings. The summed E-state index contributed by atoms with van der Waals surface area (Å²) >= 11 is 3.59. The van der Waals surface area contributed by atoms with Crippen LogP contribution in [0.15, 0.2) is 34.5 Å². The Morgan fingerprint density at radius 3 is 2.45 bits per heavy atom. The molecule has 1 N–H and O–H groups in total. The van der Waals surface area contributed by atoms with Crippen molar-refractivity contribution in [3.63, 3.8) is 0 Å². The highest BCUT2D eigenvalue weighted by Crippen LogP contribution is 2.24. The maximum Gasteiger partial charge on any atom is 0.103 e. The molecule has 0 bridgehead atoms. The summed E-state index contributed by atoms with van der Waals surface area (Å²) in [6.07, 6.45) is 0. The molecule has 0 spiro atoms. The van der Waals surface area contributed by atoms with Gasteiger partial charge in [-0.25, -0.2) is 4.98 Å². The van der Waals surface area contributed by atoms with Crippen LogP contribution in [0.5, 0.6) is 0 Å². The van der Waals surface area contributed by atoms with Gasteiger partial charge in [0.25, 0.3) is 0 Å². The third kappa shape index (κ3) is 5.27. The Balaban J connectivity index is 1.85. The van der Waals surface area contributed by atoms with E-state index in [4.69, 9.17) is 0 Å². The van der Waals surface area contributed by atoms with Crippen LogP contribution in [0.2, 0.25) is 0 Å². The van der Waals surface area contributed by atoms with Gasteiger partial charge in [0.2, 0.25) is 0 Å². The molecule has 2 rings (SSSR count). The number of aromatic nitrogens is 1. The van der Waals surface area contributed by atoms with Gasteiger partial charge in [-0.3, -0.25) is 0 Å². The van der Waals surface area contributed by atoms with E-state index in [2.05, 4.69) is 60.7 Å². The van der Waals surface area contributed by atoms with E-state index in [0.29, 0.717) is 0 Å². The van der Waals surface area contributed by atoms with Crippen molar-refractivity contribution in [2.75, 3.05) is 0 Å². The van der Waals surface area contributed by atoms with Gasteiger partial charge < -0.3 is 5.32 Å². The number of nitrogens with zero attached hydrogens (tertiary/aromatic N) is 1. The van der Waals surface area contributed by atoms with Gasteiger partial charge in [0.15, 0.2) is 0 Å². The minimum atomic E-state index is 0.163. The summed E-state index contributed by atoms with van der Waals surface area (Å²) in [5.41, 5.74) is 2.61. The zero-order valence-corrected chi connectivity index (χ0v) is 14.2. The van der Waals surface area contributed by atoms with E-state index in [0.717, 1.165) is 18.0 Å². The van der Waals surface area contributed by atoms with Crippen molar-refractivity contribution in [2.24, 2.45) is 0 Å². The lowest BCUT2D eigenvalue weighted by Crippen LogP contribution is -2.35. The van der Waals surface area contributed by atoms with Crippen LogP contribution in [0.1, 0.15) is 37.0 Å². The third-order valence-corrected chi connectivity index (χ3v) is 4.95. The Labute approximate surface area is 130 Å². The predicted octanol–water partition coefficient (Wildman–Crippen LogP) is 4.63. The Kier molecular flexibility index (Phi) is 5.24. The number of hydrogen-bond donors (Lipinski definition) is 1. The van der Waals surface area contributed by atoms with Gasteiger partial charge in [0.05, 0.1) is 5.75 Å². The van der Waals surface area contributed by atoms with Gasteiger partial charge >= 0.3 is 0 Å². The highest BCUT2D eigenvalue weighted by molar-refractivity contribution is 7.98. The molecule has 0 unspecified atom stereocenters. The molecule has 0 aliphatic heterocycles. The fourth-order valence-electron chi connectivity index (χ4n) is 1.68. The van der Waals surface area contributed by atoms with Crippen LogP contribution in [0.3, 0.4) is 0 Å². The van der Waals surface area contributed by atoms with E-state index in [9.17, 15) is 0 Å².